The van der Waals surface area contributed by atoms with Crippen molar-refractivity contribution in [2.75, 3.05) is 22.5 Å². The first-order valence-electron chi connectivity index (χ1n) is 6.46. The molecule has 0 fully saturated rings. The van der Waals surface area contributed by atoms with Crippen LogP contribution in [0.4, 0.5) is 5.69 Å². The summed E-state index contributed by atoms with van der Waals surface area (Å²) >= 11 is 0.495. The molecule has 0 radical (unpaired) electrons. The third-order valence-corrected chi connectivity index (χ3v) is 4.52. The summed E-state index contributed by atoms with van der Waals surface area (Å²) in [6.07, 6.45) is 0.687. The molecule has 1 aromatic rings. The SMILES string of the molecule is CS(=O)(=O)Nc1c(O)n(CCS(=O)(=O)O)c(=O)n(CCSOOO)c1=O. The standard InChI is InChI=1S/C9H15N3O11S3/c1-25(17,18)10-6-7(13)11(2-4-24-23-22-16)9(15)12(8(6)14)3-5-26(19,20)21/h10,14,16H,2-5H2,1H3,(H,19,20,21). The van der Waals surface area contributed by atoms with E-state index in [0.29, 0.717) is 27.4 Å². The summed E-state index contributed by atoms with van der Waals surface area (Å²) in [5, 5.41) is 21.3. The second-order valence-electron chi connectivity index (χ2n) is 4.71. The average Bonchev–Trinajstić information content (AvgIpc) is 2.48. The molecule has 0 aromatic carbocycles. The van der Waals surface area contributed by atoms with Crippen molar-refractivity contribution in [3.05, 3.63) is 20.8 Å². The number of hydrogen-bond donors (Lipinski definition) is 4. The Morgan fingerprint density at radius 2 is 1.77 bits per heavy atom. The van der Waals surface area contributed by atoms with E-state index in [1.165, 1.54) is 0 Å². The Morgan fingerprint density at radius 3 is 2.27 bits per heavy atom. The van der Waals surface area contributed by atoms with Gasteiger partial charge < -0.3 is 5.11 Å². The van der Waals surface area contributed by atoms with E-state index in [1.807, 2.05) is 0 Å². The van der Waals surface area contributed by atoms with Crippen LogP contribution in [0.2, 0.25) is 0 Å². The zero-order chi connectivity index (χ0) is 20.1. The predicted molar refractivity (Wildman–Crippen MR) is 88.8 cm³/mol. The molecule has 150 valence electrons. The van der Waals surface area contributed by atoms with E-state index in [9.17, 15) is 31.5 Å². The molecule has 0 unspecified atom stereocenters. The van der Waals surface area contributed by atoms with Gasteiger partial charge in [-0.15, -0.1) is 4.33 Å². The van der Waals surface area contributed by atoms with Crippen LogP contribution in [0.3, 0.4) is 0 Å². The van der Waals surface area contributed by atoms with Crippen LogP contribution < -0.4 is 16.0 Å². The van der Waals surface area contributed by atoms with Crippen LogP contribution in [0.1, 0.15) is 0 Å². The normalized spacial score (nSPS) is 12.3. The molecule has 0 amide bonds. The minimum absolute atomic E-state index is 0.128. The van der Waals surface area contributed by atoms with Crippen molar-refractivity contribution in [1.29, 1.82) is 0 Å². The quantitative estimate of drug-likeness (QED) is 0.104. The van der Waals surface area contributed by atoms with Crippen molar-refractivity contribution in [2.45, 2.75) is 13.1 Å². The first-order chi connectivity index (χ1) is 11.9. The largest absolute Gasteiger partial charge is 0.493 e. The van der Waals surface area contributed by atoms with Crippen molar-refractivity contribution in [1.82, 2.24) is 9.13 Å². The van der Waals surface area contributed by atoms with Gasteiger partial charge in [0.15, 0.2) is 5.69 Å². The summed E-state index contributed by atoms with van der Waals surface area (Å²) in [6.45, 7) is -1.14. The molecule has 0 saturated carbocycles. The highest BCUT2D eigenvalue weighted by Crippen LogP contribution is 2.17. The fourth-order valence-electron chi connectivity index (χ4n) is 1.75. The molecule has 26 heavy (non-hydrogen) atoms. The summed E-state index contributed by atoms with van der Waals surface area (Å²) in [4.78, 5) is 24.6. The molecule has 0 aliphatic heterocycles. The zero-order valence-corrected chi connectivity index (χ0v) is 15.5. The second-order valence-corrected chi connectivity index (χ2v) is 8.81. The van der Waals surface area contributed by atoms with Gasteiger partial charge in [0, 0.05) is 30.9 Å². The maximum Gasteiger partial charge on any atom is 0.333 e. The van der Waals surface area contributed by atoms with Crippen LogP contribution in [0.25, 0.3) is 0 Å². The average molecular weight is 437 g/mol. The van der Waals surface area contributed by atoms with Crippen molar-refractivity contribution in [2.24, 2.45) is 0 Å². The highest BCUT2D eigenvalue weighted by molar-refractivity contribution is 7.94. The minimum Gasteiger partial charge on any atom is -0.493 e. The van der Waals surface area contributed by atoms with Crippen LogP contribution in [-0.2, 0) is 42.6 Å². The maximum absolute atomic E-state index is 12.3. The van der Waals surface area contributed by atoms with Crippen molar-refractivity contribution >= 4 is 37.9 Å². The van der Waals surface area contributed by atoms with Crippen LogP contribution >= 0.6 is 12.0 Å². The molecule has 0 bridgehead atoms. The molecule has 4 N–H and O–H groups in total. The molecular formula is C9H15N3O11S3. The Morgan fingerprint density at radius 1 is 1.15 bits per heavy atom. The van der Waals surface area contributed by atoms with E-state index in [1.54, 1.807) is 4.72 Å². The lowest BCUT2D eigenvalue weighted by molar-refractivity contribution is -0.432. The fraction of sp³-hybridized carbons (Fsp3) is 0.556. The maximum atomic E-state index is 12.3. The molecule has 1 rings (SSSR count). The molecule has 14 nitrogen and oxygen atoms in total. The molecule has 0 atom stereocenters. The first-order valence-corrected chi connectivity index (χ1v) is 10.9. The highest BCUT2D eigenvalue weighted by atomic mass is 32.2. The summed E-state index contributed by atoms with van der Waals surface area (Å²) in [7, 11) is -8.55. The second kappa shape index (κ2) is 8.84. The van der Waals surface area contributed by atoms with Crippen molar-refractivity contribution in [3.63, 3.8) is 0 Å². The number of hydrogen-bond acceptors (Lipinski definition) is 11. The van der Waals surface area contributed by atoms with Gasteiger partial charge in [-0.1, -0.05) is 5.04 Å². The van der Waals surface area contributed by atoms with Gasteiger partial charge in [-0.3, -0.25) is 23.2 Å². The van der Waals surface area contributed by atoms with Gasteiger partial charge >= 0.3 is 5.69 Å². The Hall–Kier alpha value is -1.63. The van der Waals surface area contributed by atoms with Gasteiger partial charge in [-0.05, 0) is 0 Å². The third-order valence-electron chi connectivity index (χ3n) is 2.74. The number of rotatable bonds is 10. The minimum atomic E-state index is -4.52. The number of nitrogens with zero attached hydrogens (tertiary/aromatic N) is 2. The van der Waals surface area contributed by atoms with Gasteiger partial charge in [0.2, 0.25) is 15.9 Å². The van der Waals surface area contributed by atoms with E-state index in [-0.39, 0.29) is 12.3 Å². The number of sulfonamides is 1. The third kappa shape index (κ3) is 6.59. The number of aromatic hydroxyl groups is 1. The predicted octanol–water partition coefficient (Wildman–Crippen LogP) is -1.96. The molecular weight excluding hydrogens is 422 g/mol. The molecule has 0 spiro atoms. The molecule has 0 aliphatic rings. The van der Waals surface area contributed by atoms with E-state index in [4.69, 9.17) is 9.81 Å². The van der Waals surface area contributed by atoms with Crippen LogP contribution in [0.5, 0.6) is 5.88 Å². The van der Waals surface area contributed by atoms with Crippen molar-refractivity contribution in [3.8, 4) is 5.88 Å². The summed E-state index contributed by atoms with van der Waals surface area (Å²) < 4.78 is 59.9. The van der Waals surface area contributed by atoms with E-state index in [2.05, 4.69) is 9.37 Å². The van der Waals surface area contributed by atoms with E-state index < -0.39 is 55.3 Å². The Labute approximate surface area is 150 Å². The Kier molecular flexibility index (Phi) is 7.62. The number of nitrogens with one attached hydrogen (secondary N) is 1. The fourth-order valence-corrected chi connectivity index (χ4v) is 3.08. The van der Waals surface area contributed by atoms with Crippen molar-refractivity contribution < 1.29 is 41.1 Å². The highest BCUT2D eigenvalue weighted by Gasteiger charge is 2.22. The van der Waals surface area contributed by atoms with Crippen LogP contribution in [0.15, 0.2) is 9.59 Å². The Balaban J connectivity index is 3.45. The lowest BCUT2D eigenvalue weighted by Crippen LogP contribution is -2.42. The number of aromatic nitrogens is 2. The van der Waals surface area contributed by atoms with Gasteiger partial charge in [0.25, 0.3) is 15.7 Å². The topological polar surface area (TPSA) is 203 Å². The number of anilines is 1. The molecule has 1 heterocycles. The molecule has 1 aromatic heterocycles. The molecule has 17 heteroatoms. The van der Waals surface area contributed by atoms with Crippen LogP contribution in [-0.4, -0.2) is 58.6 Å². The lowest BCUT2D eigenvalue weighted by atomic mass is 10.4. The smallest absolute Gasteiger partial charge is 0.333 e. The van der Waals surface area contributed by atoms with E-state index >= 15 is 0 Å². The van der Waals surface area contributed by atoms with Crippen LogP contribution in [0, 0.1) is 0 Å². The van der Waals surface area contributed by atoms with E-state index in [0.717, 1.165) is 0 Å². The molecule has 0 saturated heterocycles. The Bertz CT molecular complexity index is 963. The van der Waals surface area contributed by atoms with Gasteiger partial charge in [-0.25, -0.2) is 18.5 Å². The zero-order valence-electron chi connectivity index (χ0n) is 13.1. The summed E-state index contributed by atoms with van der Waals surface area (Å²) in [5.74, 6) is -2.22. The monoisotopic (exact) mass is 437 g/mol. The summed E-state index contributed by atoms with van der Waals surface area (Å²) in [6, 6.07) is 0. The van der Waals surface area contributed by atoms with Gasteiger partial charge in [0.1, 0.15) is 0 Å². The summed E-state index contributed by atoms with van der Waals surface area (Å²) in [5.41, 5.74) is -3.25. The van der Waals surface area contributed by atoms with Gasteiger partial charge in [0.05, 0.1) is 12.0 Å². The molecule has 0 aliphatic carbocycles. The first kappa shape index (κ1) is 22.4. The van der Waals surface area contributed by atoms with Gasteiger partial charge in [-0.2, -0.15) is 8.42 Å². The lowest BCUT2D eigenvalue weighted by Gasteiger charge is -2.15.